The number of hydrogen-bond donors (Lipinski definition) is 1. The second-order valence-electron chi connectivity index (χ2n) is 4.10. The van der Waals surface area contributed by atoms with Gasteiger partial charge >= 0.3 is 5.97 Å². The van der Waals surface area contributed by atoms with Crippen LogP contribution in [-0.4, -0.2) is 31.0 Å². The summed E-state index contributed by atoms with van der Waals surface area (Å²) in [6, 6.07) is 7.21. The standard InChI is InChI=1S/C14H14N2O4S/c1-8(17)12-11(13(18)20-3)16-14(21-12)15-9-4-6-10(19-2)7-5-9/h4-7H,1-3H3,(H,15,16). The molecule has 0 spiro atoms. The Bertz CT molecular complexity index is 664. The lowest BCUT2D eigenvalue weighted by Crippen LogP contribution is -2.07. The van der Waals surface area contributed by atoms with E-state index in [0.29, 0.717) is 5.13 Å². The van der Waals surface area contributed by atoms with Crippen LogP contribution in [0, 0.1) is 0 Å². The molecule has 2 aromatic rings. The second kappa shape index (κ2) is 6.36. The Hall–Kier alpha value is -2.41. The number of ether oxygens (including phenoxy) is 2. The number of methoxy groups -OCH3 is 2. The molecule has 1 aromatic carbocycles. The topological polar surface area (TPSA) is 77.5 Å². The number of aromatic nitrogens is 1. The summed E-state index contributed by atoms with van der Waals surface area (Å²) in [6.45, 7) is 1.39. The molecule has 110 valence electrons. The van der Waals surface area contributed by atoms with Crippen molar-refractivity contribution in [3.63, 3.8) is 0 Å². The minimum Gasteiger partial charge on any atom is -0.497 e. The lowest BCUT2D eigenvalue weighted by atomic mass is 10.3. The fourth-order valence-electron chi connectivity index (χ4n) is 1.65. The summed E-state index contributed by atoms with van der Waals surface area (Å²) >= 11 is 1.11. The average molecular weight is 306 g/mol. The zero-order valence-corrected chi connectivity index (χ0v) is 12.6. The van der Waals surface area contributed by atoms with E-state index in [4.69, 9.17) is 4.74 Å². The minimum absolute atomic E-state index is 0.0333. The van der Waals surface area contributed by atoms with Gasteiger partial charge in [0, 0.05) is 12.6 Å². The van der Waals surface area contributed by atoms with E-state index in [2.05, 4.69) is 15.0 Å². The molecule has 7 heteroatoms. The Morgan fingerprint density at radius 2 is 1.86 bits per heavy atom. The van der Waals surface area contributed by atoms with Gasteiger partial charge in [-0.05, 0) is 24.3 Å². The van der Waals surface area contributed by atoms with Gasteiger partial charge in [-0.1, -0.05) is 11.3 Å². The van der Waals surface area contributed by atoms with Crippen molar-refractivity contribution in [1.29, 1.82) is 0 Å². The first-order valence-corrected chi connectivity index (χ1v) is 6.88. The van der Waals surface area contributed by atoms with E-state index in [1.165, 1.54) is 14.0 Å². The fourth-order valence-corrected chi connectivity index (χ4v) is 2.51. The zero-order valence-electron chi connectivity index (χ0n) is 11.8. The van der Waals surface area contributed by atoms with Gasteiger partial charge in [0.1, 0.15) is 10.6 Å². The molecule has 6 nitrogen and oxygen atoms in total. The highest BCUT2D eigenvalue weighted by Gasteiger charge is 2.21. The normalized spacial score (nSPS) is 10.0. The van der Waals surface area contributed by atoms with Crippen LogP contribution in [0.1, 0.15) is 27.1 Å². The van der Waals surface area contributed by atoms with Crippen LogP contribution in [0.4, 0.5) is 10.8 Å². The molecule has 0 atom stereocenters. The van der Waals surface area contributed by atoms with Gasteiger partial charge in [-0.2, -0.15) is 0 Å². The summed E-state index contributed by atoms with van der Waals surface area (Å²) in [5.41, 5.74) is 0.807. The molecule has 0 aliphatic heterocycles. The molecular weight excluding hydrogens is 292 g/mol. The first kappa shape index (κ1) is 15.0. The van der Waals surface area contributed by atoms with Crippen molar-refractivity contribution in [2.24, 2.45) is 0 Å². The van der Waals surface area contributed by atoms with E-state index in [0.717, 1.165) is 22.8 Å². The number of carbonyl (C=O) groups is 2. The average Bonchev–Trinajstić information content (AvgIpc) is 2.91. The van der Waals surface area contributed by atoms with Crippen LogP contribution >= 0.6 is 11.3 Å². The van der Waals surface area contributed by atoms with Crippen molar-refractivity contribution in [1.82, 2.24) is 4.98 Å². The number of nitrogens with zero attached hydrogens (tertiary/aromatic N) is 1. The summed E-state index contributed by atoms with van der Waals surface area (Å²) < 4.78 is 9.70. The Morgan fingerprint density at radius 1 is 1.19 bits per heavy atom. The summed E-state index contributed by atoms with van der Waals surface area (Å²) in [5, 5.41) is 3.49. The molecule has 1 aromatic heterocycles. The van der Waals surface area contributed by atoms with E-state index in [1.54, 1.807) is 19.2 Å². The van der Waals surface area contributed by atoms with Crippen LogP contribution in [0.15, 0.2) is 24.3 Å². The van der Waals surface area contributed by atoms with Crippen molar-refractivity contribution in [2.75, 3.05) is 19.5 Å². The first-order valence-electron chi connectivity index (χ1n) is 6.06. The van der Waals surface area contributed by atoms with Gasteiger partial charge in [0.2, 0.25) is 0 Å². The number of esters is 1. The monoisotopic (exact) mass is 306 g/mol. The van der Waals surface area contributed by atoms with Crippen LogP contribution in [0.25, 0.3) is 0 Å². The highest BCUT2D eigenvalue weighted by atomic mass is 32.1. The molecule has 0 amide bonds. The van der Waals surface area contributed by atoms with Crippen LogP contribution < -0.4 is 10.1 Å². The van der Waals surface area contributed by atoms with Crippen molar-refractivity contribution in [3.8, 4) is 5.75 Å². The van der Waals surface area contributed by atoms with Gasteiger partial charge in [0.15, 0.2) is 16.6 Å². The van der Waals surface area contributed by atoms with Crippen molar-refractivity contribution < 1.29 is 19.1 Å². The third-order valence-electron chi connectivity index (χ3n) is 2.67. The summed E-state index contributed by atoms with van der Waals surface area (Å²) in [7, 11) is 2.84. The maximum Gasteiger partial charge on any atom is 0.358 e. The fraction of sp³-hybridized carbons (Fsp3) is 0.214. The zero-order chi connectivity index (χ0) is 15.4. The quantitative estimate of drug-likeness (QED) is 0.676. The molecule has 2 rings (SSSR count). The number of anilines is 2. The van der Waals surface area contributed by atoms with Gasteiger partial charge in [-0.3, -0.25) is 4.79 Å². The molecule has 0 unspecified atom stereocenters. The van der Waals surface area contributed by atoms with E-state index in [9.17, 15) is 9.59 Å². The van der Waals surface area contributed by atoms with Gasteiger partial charge in [-0.25, -0.2) is 9.78 Å². The van der Waals surface area contributed by atoms with E-state index in [1.807, 2.05) is 12.1 Å². The van der Waals surface area contributed by atoms with Gasteiger partial charge in [-0.15, -0.1) is 0 Å². The third-order valence-corrected chi connectivity index (χ3v) is 3.74. The van der Waals surface area contributed by atoms with E-state index < -0.39 is 5.97 Å². The predicted octanol–water partition coefficient (Wildman–Crippen LogP) is 2.88. The molecule has 0 aliphatic carbocycles. The van der Waals surface area contributed by atoms with Crippen LogP contribution in [0.2, 0.25) is 0 Å². The molecule has 0 fully saturated rings. The van der Waals surface area contributed by atoms with Gasteiger partial charge in [0.25, 0.3) is 0 Å². The van der Waals surface area contributed by atoms with Crippen LogP contribution in [-0.2, 0) is 4.74 Å². The first-order chi connectivity index (χ1) is 10.0. The maximum absolute atomic E-state index is 11.6. The number of rotatable bonds is 5. The number of benzene rings is 1. The Kier molecular flexibility index (Phi) is 4.54. The highest BCUT2D eigenvalue weighted by molar-refractivity contribution is 7.17. The van der Waals surface area contributed by atoms with Crippen molar-refractivity contribution >= 4 is 33.9 Å². The van der Waals surface area contributed by atoms with Gasteiger partial charge < -0.3 is 14.8 Å². The molecule has 0 aliphatic rings. The lowest BCUT2D eigenvalue weighted by molar-refractivity contribution is 0.0591. The number of Topliss-reactive ketones (excluding diaryl/α,β-unsaturated/α-hetero) is 1. The van der Waals surface area contributed by atoms with Crippen molar-refractivity contribution in [3.05, 3.63) is 34.8 Å². The number of thiazole rings is 1. The molecule has 0 saturated carbocycles. The Morgan fingerprint density at radius 3 is 2.38 bits per heavy atom. The van der Waals surface area contributed by atoms with Gasteiger partial charge in [0.05, 0.1) is 14.2 Å². The Balaban J connectivity index is 2.27. The molecule has 0 radical (unpaired) electrons. The summed E-state index contributed by atoms with van der Waals surface area (Å²) in [6.07, 6.45) is 0. The lowest BCUT2D eigenvalue weighted by Gasteiger charge is -2.03. The predicted molar refractivity (Wildman–Crippen MR) is 79.7 cm³/mol. The highest BCUT2D eigenvalue weighted by Crippen LogP contribution is 2.27. The Labute approximate surface area is 125 Å². The molecule has 0 bridgehead atoms. The van der Waals surface area contributed by atoms with E-state index in [-0.39, 0.29) is 16.4 Å². The number of ketones is 1. The molecule has 0 saturated heterocycles. The molecule has 21 heavy (non-hydrogen) atoms. The molecular formula is C14H14N2O4S. The minimum atomic E-state index is -0.626. The molecule has 1 N–H and O–H groups in total. The largest absolute Gasteiger partial charge is 0.497 e. The SMILES string of the molecule is COC(=O)c1nc(Nc2ccc(OC)cc2)sc1C(C)=O. The smallest absolute Gasteiger partial charge is 0.358 e. The van der Waals surface area contributed by atoms with Crippen LogP contribution in [0.5, 0.6) is 5.75 Å². The molecule has 1 heterocycles. The summed E-state index contributed by atoms with van der Waals surface area (Å²) in [4.78, 5) is 27.6. The summed E-state index contributed by atoms with van der Waals surface area (Å²) in [5.74, 6) is -0.116. The number of nitrogens with one attached hydrogen (secondary N) is 1. The number of carbonyl (C=O) groups excluding carboxylic acids is 2. The third kappa shape index (κ3) is 3.38. The van der Waals surface area contributed by atoms with E-state index >= 15 is 0 Å². The number of hydrogen-bond acceptors (Lipinski definition) is 7. The van der Waals surface area contributed by atoms with Crippen LogP contribution in [0.3, 0.4) is 0 Å². The second-order valence-corrected chi connectivity index (χ2v) is 5.10. The van der Waals surface area contributed by atoms with Crippen molar-refractivity contribution in [2.45, 2.75) is 6.92 Å². The maximum atomic E-state index is 11.6.